The monoisotopic (exact) mass is 309 g/mol. The number of nitrogens with zero attached hydrogens (tertiary/aromatic N) is 4. The standard InChI is InChI=1S/C17H19N5O/c1-2-21-7-9-22(10-8-21)17(23)14(11-18)15-12-5-3-4-6-13(12)16(19)20-15/h3-6H,2,7-10H2,1H3,(H2,19,20)/b15-14-. The lowest BCUT2D eigenvalue weighted by molar-refractivity contribution is -0.128. The maximum Gasteiger partial charge on any atom is 0.266 e. The first-order chi connectivity index (χ1) is 11.2. The summed E-state index contributed by atoms with van der Waals surface area (Å²) in [5, 5.41) is 9.52. The van der Waals surface area contributed by atoms with E-state index in [0.717, 1.165) is 30.8 Å². The number of likely N-dealkylation sites (N-methyl/N-ethyl adjacent to an activating group) is 1. The van der Waals surface area contributed by atoms with Crippen molar-refractivity contribution in [1.82, 2.24) is 9.80 Å². The van der Waals surface area contributed by atoms with Gasteiger partial charge < -0.3 is 15.5 Å². The van der Waals surface area contributed by atoms with Crippen molar-refractivity contribution >= 4 is 17.4 Å². The van der Waals surface area contributed by atoms with Gasteiger partial charge in [0.2, 0.25) is 0 Å². The minimum absolute atomic E-state index is 0.0721. The largest absolute Gasteiger partial charge is 0.383 e. The molecule has 1 amide bonds. The van der Waals surface area contributed by atoms with Crippen molar-refractivity contribution in [3.8, 4) is 6.07 Å². The third kappa shape index (κ3) is 2.71. The zero-order chi connectivity index (χ0) is 16.4. The predicted molar refractivity (Wildman–Crippen MR) is 88.4 cm³/mol. The van der Waals surface area contributed by atoms with E-state index in [1.54, 1.807) is 4.90 Å². The molecule has 0 aromatic heterocycles. The average Bonchev–Trinajstić information content (AvgIpc) is 2.93. The van der Waals surface area contributed by atoms with E-state index in [2.05, 4.69) is 16.8 Å². The summed E-state index contributed by atoms with van der Waals surface area (Å²) in [6, 6.07) is 9.45. The first kappa shape index (κ1) is 15.3. The number of benzene rings is 1. The highest BCUT2D eigenvalue weighted by atomic mass is 16.2. The number of fused-ring (bicyclic) bond motifs is 1. The fraction of sp³-hybridized carbons (Fsp3) is 0.353. The molecule has 2 heterocycles. The van der Waals surface area contributed by atoms with Crippen molar-refractivity contribution in [3.05, 3.63) is 41.0 Å². The molecular weight excluding hydrogens is 290 g/mol. The number of rotatable bonds is 2. The number of amidine groups is 1. The molecule has 1 aromatic carbocycles. The third-order valence-corrected chi connectivity index (χ3v) is 4.36. The average molecular weight is 309 g/mol. The molecule has 6 nitrogen and oxygen atoms in total. The van der Waals surface area contributed by atoms with Crippen molar-refractivity contribution in [1.29, 1.82) is 5.26 Å². The highest BCUT2D eigenvalue weighted by molar-refractivity contribution is 6.14. The molecule has 2 N–H and O–H groups in total. The number of hydrogen-bond donors (Lipinski definition) is 1. The van der Waals surface area contributed by atoms with Crippen LogP contribution in [0.5, 0.6) is 0 Å². The summed E-state index contributed by atoms with van der Waals surface area (Å²) in [7, 11) is 0. The van der Waals surface area contributed by atoms with E-state index in [-0.39, 0.29) is 11.5 Å². The van der Waals surface area contributed by atoms with Gasteiger partial charge in [-0.25, -0.2) is 4.99 Å². The predicted octanol–water partition coefficient (Wildman–Crippen LogP) is 0.804. The summed E-state index contributed by atoms with van der Waals surface area (Å²) in [4.78, 5) is 21.0. The van der Waals surface area contributed by atoms with E-state index in [0.29, 0.717) is 24.6 Å². The molecule has 0 unspecified atom stereocenters. The van der Waals surface area contributed by atoms with Crippen LogP contribution in [0.15, 0.2) is 34.8 Å². The van der Waals surface area contributed by atoms with Crippen LogP contribution in [-0.4, -0.2) is 54.3 Å². The summed E-state index contributed by atoms with van der Waals surface area (Å²) in [6.45, 7) is 6.00. The molecule has 23 heavy (non-hydrogen) atoms. The molecule has 3 rings (SSSR count). The lowest BCUT2D eigenvalue weighted by atomic mass is 10.0. The number of aliphatic imine (C=N–C) groups is 1. The Bertz CT molecular complexity index is 736. The first-order valence-corrected chi connectivity index (χ1v) is 7.75. The van der Waals surface area contributed by atoms with Crippen molar-refractivity contribution in [3.63, 3.8) is 0 Å². The quantitative estimate of drug-likeness (QED) is 0.647. The van der Waals surface area contributed by atoms with Gasteiger partial charge >= 0.3 is 0 Å². The molecule has 0 saturated carbocycles. The maximum atomic E-state index is 12.7. The Balaban J connectivity index is 1.92. The molecule has 6 heteroatoms. The van der Waals surface area contributed by atoms with E-state index in [4.69, 9.17) is 5.73 Å². The molecule has 2 aliphatic heterocycles. The molecule has 0 spiro atoms. The molecule has 118 valence electrons. The second-order valence-corrected chi connectivity index (χ2v) is 5.60. The molecule has 0 atom stereocenters. The first-order valence-electron chi connectivity index (χ1n) is 7.75. The number of carbonyl (C=O) groups excluding carboxylic acids is 1. The molecule has 0 radical (unpaired) electrons. The Kier molecular flexibility index (Phi) is 4.13. The summed E-state index contributed by atoms with van der Waals surface area (Å²) in [5.74, 6) is 0.0958. The van der Waals surface area contributed by atoms with Crippen LogP contribution in [-0.2, 0) is 4.79 Å². The summed E-state index contributed by atoms with van der Waals surface area (Å²) < 4.78 is 0. The molecule has 2 aliphatic rings. The number of carbonyl (C=O) groups is 1. The second-order valence-electron chi connectivity index (χ2n) is 5.60. The van der Waals surface area contributed by atoms with Crippen LogP contribution < -0.4 is 5.73 Å². The normalized spacial score (nSPS) is 19.8. The lowest BCUT2D eigenvalue weighted by Crippen LogP contribution is -2.48. The zero-order valence-electron chi connectivity index (χ0n) is 13.1. The minimum atomic E-state index is -0.258. The van der Waals surface area contributed by atoms with Gasteiger partial charge in [0.25, 0.3) is 5.91 Å². The molecule has 0 aliphatic carbocycles. The van der Waals surface area contributed by atoms with Crippen molar-refractivity contribution in [2.45, 2.75) is 6.92 Å². The van der Waals surface area contributed by atoms with Gasteiger partial charge in [0.1, 0.15) is 17.5 Å². The van der Waals surface area contributed by atoms with Gasteiger partial charge in [-0.15, -0.1) is 0 Å². The molecule has 1 saturated heterocycles. The number of nitrogens with two attached hydrogens (primary N) is 1. The Morgan fingerprint density at radius 2 is 1.91 bits per heavy atom. The summed E-state index contributed by atoms with van der Waals surface area (Å²) >= 11 is 0. The van der Waals surface area contributed by atoms with Crippen LogP contribution in [0.3, 0.4) is 0 Å². The topological polar surface area (TPSA) is 85.7 Å². The van der Waals surface area contributed by atoms with E-state index in [9.17, 15) is 10.1 Å². The van der Waals surface area contributed by atoms with Crippen molar-refractivity contribution < 1.29 is 4.79 Å². The Morgan fingerprint density at radius 1 is 1.26 bits per heavy atom. The molecule has 1 aromatic rings. The van der Waals surface area contributed by atoms with Gasteiger partial charge in [-0.2, -0.15) is 5.26 Å². The van der Waals surface area contributed by atoms with E-state index in [1.165, 1.54) is 0 Å². The fourth-order valence-electron chi connectivity index (χ4n) is 2.97. The number of nitriles is 1. The fourth-order valence-corrected chi connectivity index (χ4v) is 2.97. The van der Waals surface area contributed by atoms with Gasteiger partial charge in [-0.05, 0) is 6.54 Å². The Hall–Kier alpha value is -2.65. The van der Waals surface area contributed by atoms with Crippen molar-refractivity contribution in [2.75, 3.05) is 32.7 Å². The Labute approximate surface area is 135 Å². The van der Waals surface area contributed by atoms with Crippen LogP contribution in [0.25, 0.3) is 5.70 Å². The Morgan fingerprint density at radius 3 is 2.52 bits per heavy atom. The molecule has 0 bridgehead atoms. The maximum absolute atomic E-state index is 12.7. The lowest BCUT2D eigenvalue weighted by Gasteiger charge is -2.33. The second kappa shape index (κ2) is 6.23. The van der Waals surface area contributed by atoms with Gasteiger partial charge in [0.05, 0.1) is 5.70 Å². The van der Waals surface area contributed by atoms with Gasteiger partial charge in [-0.3, -0.25) is 4.79 Å². The SMILES string of the molecule is CCN1CCN(C(=O)/C(C#N)=C2\N=C(N)c3ccccc32)CC1. The third-order valence-electron chi connectivity index (χ3n) is 4.36. The highest BCUT2D eigenvalue weighted by Gasteiger charge is 2.29. The highest BCUT2D eigenvalue weighted by Crippen LogP contribution is 2.30. The van der Waals surface area contributed by atoms with Gasteiger partial charge in [0, 0.05) is 37.3 Å². The smallest absolute Gasteiger partial charge is 0.266 e. The number of hydrogen-bond acceptors (Lipinski definition) is 5. The number of piperazine rings is 1. The van der Waals surface area contributed by atoms with Gasteiger partial charge in [-0.1, -0.05) is 31.2 Å². The van der Waals surface area contributed by atoms with Crippen molar-refractivity contribution in [2.24, 2.45) is 10.7 Å². The van der Waals surface area contributed by atoms with Crippen LogP contribution in [0.2, 0.25) is 0 Å². The van der Waals surface area contributed by atoms with Crippen LogP contribution in [0.1, 0.15) is 18.1 Å². The molecule has 1 fully saturated rings. The van der Waals surface area contributed by atoms with Crippen LogP contribution >= 0.6 is 0 Å². The van der Waals surface area contributed by atoms with Crippen LogP contribution in [0, 0.1) is 11.3 Å². The van der Waals surface area contributed by atoms with E-state index < -0.39 is 0 Å². The van der Waals surface area contributed by atoms with Gasteiger partial charge in [0.15, 0.2) is 0 Å². The van der Waals surface area contributed by atoms with E-state index >= 15 is 0 Å². The molecular formula is C17H19N5O. The van der Waals surface area contributed by atoms with Crippen LogP contribution in [0.4, 0.5) is 0 Å². The minimum Gasteiger partial charge on any atom is -0.383 e. The number of amides is 1. The summed E-state index contributed by atoms with van der Waals surface area (Å²) in [5.41, 5.74) is 7.91. The summed E-state index contributed by atoms with van der Waals surface area (Å²) in [6.07, 6.45) is 0. The zero-order valence-corrected chi connectivity index (χ0v) is 13.1. The van der Waals surface area contributed by atoms with E-state index in [1.807, 2.05) is 30.3 Å².